The van der Waals surface area contributed by atoms with Crippen LogP contribution < -0.4 is 10.6 Å². The summed E-state index contributed by atoms with van der Waals surface area (Å²) in [6.07, 6.45) is 5.20. The molecular weight excluding hydrogens is 278 g/mol. The summed E-state index contributed by atoms with van der Waals surface area (Å²) in [5, 5.41) is 7.85. The predicted molar refractivity (Wildman–Crippen MR) is 83.5 cm³/mol. The van der Waals surface area contributed by atoms with Crippen molar-refractivity contribution < 1.29 is 4.79 Å². The highest BCUT2D eigenvalue weighted by Gasteiger charge is 2.33. The van der Waals surface area contributed by atoms with E-state index in [1.54, 1.807) is 17.3 Å². The Balaban J connectivity index is 1.86. The van der Waals surface area contributed by atoms with Gasteiger partial charge in [0.15, 0.2) is 0 Å². The van der Waals surface area contributed by atoms with Crippen LogP contribution in [-0.2, 0) is 6.42 Å². The molecule has 1 aromatic carbocycles. The summed E-state index contributed by atoms with van der Waals surface area (Å²) in [6, 6.07) is 9.08. The van der Waals surface area contributed by atoms with Crippen LogP contribution in [0.1, 0.15) is 23.7 Å². The highest BCUT2D eigenvalue weighted by molar-refractivity contribution is 6.01. The number of primary amides is 1. The lowest BCUT2D eigenvalue weighted by Crippen LogP contribution is -2.38. The summed E-state index contributed by atoms with van der Waals surface area (Å²) in [6.45, 7) is 0. The van der Waals surface area contributed by atoms with Gasteiger partial charge in [-0.15, -0.1) is 0 Å². The number of benzene rings is 1. The monoisotopic (exact) mass is 293 g/mol. The van der Waals surface area contributed by atoms with Crippen molar-refractivity contribution >= 4 is 22.6 Å². The Morgan fingerprint density at radius 2 is 2.23 bits per heavy atom. The molecule has 1 aliphatic rings. The highest BCUT2D eigenvalue weighted by Crippen LogP contribution is 2.38. The molecule has 0 radical (unpaired) electrons. The van der Waals surface area contributed by atoms with Gasteiger partial charge in [0.25, 0.3) is 0 Å². The van der Waals surface area contributed by atoms with Crippen molar-refractivity contribution in [2.45, 2.75) is 18.9 Å². The summed E-state index contributed by atoms with van der Waals surface area (Å²) in [7, 11) is 0. The van der Waals surface area contributed by atoms with Crippen LogP contribution in [-0.4, -0.2) is 21.2 Å². The predicted octanol–water partition coefficient (Wildman–Crippen LogP) is 2.53. The number of hydrogen-bond acceptors (Lipinski definition) is 3. The second-order valence-electron chi connectivity index (χ2n) is 5.42. The van der Waals surface area contributed by atoms with E-state index in [4.69, 9.17) is 5.73 Å². The molecule has 0 saturated heterocycles. The van der Waals surface area contributed by atoms with Crippen molar-refractivity contribution in [1.82, 2.24) is 15.2 Å². The number of carbonyl (C=O) groups excluding carboxylic acids is 1. The van der Waals surface area contributed by atoms with Crippen molar-refractivity contribution in [3.63, 3.8) is 0 Å². The number of urea groups is 1. The number of amides is 2. The van der Waals surface area contributed by atoms with Gasteiger partial charge in [0, 0.05) is 11.6 Å². The number of aromatic amines is 1. The van der Waals surface area contributed by atoms with Gasteiger partial charge < -0.3 is 5.73 Å². The maximum atomic E-state index is 12.2. The van der Waals surface area contributed by atoms with Crippen molar-refractivity contribution in [2.24, 2.45) is 5.73 Å². The number of fused-ring (bicyclic) bond motifs is 2. The second-order valence-corrected chi connectivity index (χ2v) is 5.42. The second kappa shape index (κ2) is 4.84. The third kappa shape index (κ3) is 1.84. The molecule has 0 fully saturated rings. The fourth-order valence-electron chi connectivity index (χ4n) is 3.25. The standard InChI is InChI=1S/C16H15N5O/c17-16(22)21(13-5-1-4-12-11(13)9-19-20-12)14-7-6-10-3-2-8-18-15(10)14/h1-5,8-9,14H,6-7H2,(H2,17,22)(H,19,20). The van der Waals surface area contributed by atoms with E-state index in [2.05, 4.69) is 21.2 Å². The number of pyridine rings is 1. The average Bonchev–Trinajstić information content (AvgIpc) is 3.15. The molecule has 3 aromatic rings. The maximum absolute atomic E-state index is 12.2. The molecule has 2 amide bonds. The van der Waals surface area contributed by atoms with Gasteiger partial charge in [0.2, 0.25) is 0 Å². The van der Waals surface area contributed by atoms with Crippen molar-refractivity contribution in [2.75, 3.05) is 4.90 Å². The van der Waals surface area contributed by atoms with Crippen LogP contribution in [0, 0.1) is 0 Å². The molecule has 0 aliphatic heterocycles. The molecule has 0 spiro atoms. The number of hydrogen-bond donors (Lipinski definition) is 2. The molecule has 110 valence electrons. The van der Waals surface area contributed by atoms with Crippen LogP contribution >= 0.6 is 0 Å². The molecule has 4 rings (SSSR count). The molecule has 1 unspecified atom stereocenters. The zero-order valence-corrected chi connectivity index (χ0v) is 11.9. The fraction of sp³-hybridized carbons (Fsp3) is 0.188. The van der Waals surface area contributed by atoms with Gasteiger partial charge >= 0.3 is 6.03 Å². The summed E-state index contributed by atoms with van der Waals surface area (Å²) >= 11 is 0. The Hall–Kier alpha value is -2.89. The topological polar surface area (TPSA) is 87.9 Å². The largest absolute Gasteiger partial charge is 0.351 e. The molecule has 2 heterocycles. The average molecular weight is 293 g/mol. The van der Waals surface area contributed by atoms with Crippen molar-refractivity contribution in [1.29, 1.82) is 0 Å². The quantitative estimate of drug-likeness (QED) is 0.761. The Morgan fingerprint density at radius 3 is 3.09 bits per heavy atom. The van der Waals surface area contributed by atoms with Crippen LogP contribution in [0.4, 0.5) is 10.5 Å². The van der Waals surface area contributed by atoms with E-state index in [0.717, 1.165) is 35.1 Å². The van der Waals surface area contributed by atoms with E-state index in [9.17, 15) is 4.79 Å². The number of aryl methyl sites for hydroxylation is 1. The lowest BCUT2D eigenvalue weighted by atomic mass is 10.1. The molecule has 2 aromatic heterocycles. The molecule has 1 aliphatic carbocycles. The minimum Gasteiger partial charge on any atom is -0.351 e. The van der Waals surface area contributed by atoms with Gasteiger partial charge in [0.05, 0.1) is 29.1 Å². The summed E-state index contributed by atoms with van der Waals surface area (Å²) in [5.41, 5.74) is 9.45. The number of nitrogens with one attached hydrogen (secondary N) is 1. The number of anilines is 1. The first-order valence-corrected chi connectivity index (χ1v) is 7.20. The smallest absolute Gasteiger partial charge is 0.319 e. The SMILES string of the molecule is NC(=O)N(c1cccc2[nH]ncc12)C1CCc2cccnc21. The lowest BCUT2D eigenvalue weighted by molar-refractivity contribution is 0.251. The van der Waals surface area contributed by atoms with Gasteiger partial charge in [-0.3, -0.25) is 15.0 Å². The van der Waals surface area contributed by atoms with Crippen LogP contribution in [0.25, 0.3) is 10.9 Å². The van der Waals surface area contributed by atoms with Crippen molar-refractivity contribution in [3.8, 4) is 0 Å². The normalized spacial score (nSPS) is 16.6. The first-order valence-electron chi connectivity index (χ1n) is 7.20. The van der Waals surface area contributed by atoms with E-state index in [0.29, 0.717) is 0 Å². The number of nitrogens with zero attached hydrogens (tertiary/aromatic N) is 3. The molecule has 1 atom stereocenters. The van der Waals surface area contributed by atoms with E-state index in [-0.39, 0.29) is 6.04 Å². The molecule has 0 saturated carbocycles. The van der Waals surface area contributed by atoms with Gasteiger partial charge in [-0.2, -0.15) is 5.10 Å². The van der Waals surface area contributed by atoms with Crippen LogP contribution in [0.5, 0.6) is 0 Å². The first-order chi connectivity index (χ1) is 10.8. The zero-order chi connectivity index (χ0) is 15.1. The lowest BCUT2D eigenvalue weighted by Gasteiger charge is -2.28. The van der Waals surface area contributed by atoms with Gasteiger partial charge in [-0.1, -0.05) is 12.1 Å². The van der Waals surface area contributed by atoms with E-state index < -0.39 is 6.03 Å². The van der Waals surface area contributed by atoms with Crippen LogP contribution in [0.3, 0.4) is 0 Å². The van der Waals surface area contributed by atoms with E-state index >= 15 is 0 Å². The third-order valence-electron chi connectivity index (χ3n) is 4.20. The Bertz CT molecular complexity index is 856. The molecule has 0 bridgehead atoms. The highest BCUT2D eigenvalue weighted by atomic mass is 16.2. The molecule has 6 nitrogen and oxygen atoms in total. The zero-order valence-electron chi connectivity index (χ0n) is 11.9. The molecular formula is C16H15N5O. The van der Waals surface area contributed by atoms with Gasteiger partial charge in [0.1, 0.15) is 0 Å². The van der Waals surface area contributed by atoms with Crippen molar-refractivity contribution in [3.05, 3.63) is 54.0 Å². The minimum absolute atomic E-state index is 0.130. The Kier molecular flexibility index (Phi) is 2.82. The fourth-order valence-corrected chi connectivity index (χ4v) is 3.25. The molecule has 6 heteroatoms. The number of nitrogens with two attached hydrogens (primary N) is 1. The third-order valence-corrected chi connectivity index (χ3v) is 4.20. The van der Waals surface area contributed by atoms with E-state index in [1.807, 2.05) is 24.3 Å². The Morgan fingerprint density at radius 1 is 1.32 bits per heavy atom. The molecule has 3 N–H and O–H groups in total. The maximum Gasteiger partial charge on any atom is 0.319 e. The number of rotatable bonds is 2. The number of H-pyrrole nitrogens is 1. The summed E-state index contributed by atoms with van der Waals surface area (Å²) in [4.78, 5) is 18.3. The first kappa shape index (κ1) is 12.8. The van der Waals surface area contributed by atoms with Crippen LogP contribution in [0.15, 0.2) is 42.7 Å². The van der Waals surface area contributed by atoms with Gasteiger partial charge in [-0.25, -0.2) is 4.79 Å². The minimum atomic E-state index is -0.475. The Labute approximate surface area is 127 Å². The summed E-state index contributed by atoms with van der Waals surface area (Å²) in [5.74, 6) is 0. The molecule has 22 heavy (non-hydrogen) atoms. The number of carbonyl (C=O) groups is 1. The number of aromatic nitrogens is 3. The summed E-state index contributed by atoms with van der Waals surface area (Å²) < 4.78 is 0. The van der Waals surface area contributed by atoms with E-state index in [1.165, 1.54) is 5.56 Å². The van der Waals surface area contributed by atoms with Crippen LogP contribution in [0.2, 0.25) is 0 Å². The van der Waals surface area contributed by atoms with Gasteiger partial charge in [-0.05, 0) is 36.6 Å².